The maximum Gasteiger partial charge on any atom is 0.149 e. The highest BCUT2D eigenvalue weighted by Crippen LogP contribution is 2.45. The molecule has 8 heteroatoms. The van der Waals surface area contributed by atoms with Crippen molar-refractivity contribution >= 4 is 11.5 Å². The minimum atomic E-state index is -0.571. The molecule has 0 spiro atoms. The Hall–Kier alpha value is -2.76. The van der Waals surface area contributed by atoms with Gasteiger partial charge in [-0.25, -0.2) is 13.8 Å². The number of pyridine rings is 1. The molecule has 0 unspecified atom stereocenters. The van der Waals surface area contributed by atoms with Gasteiger partial charge in [-0.1, -0.05) is 0 Å². The maximum atomic E-state index is 14.6. The van der Waals surface area contributed by atoms with Gasteiger partial charge in [-0.3, -0.25) is 0 Å². The van der Waals surface area contributed by atoms with Crippen LogP contribution in [0.2, 0.25) is 0 Å². The lowest BCUT2D eigenvalue weighted by Crippen LogP contribution is -2.38. The Labute approximate surface area is 193 Å². The number of aromatic nitrogens is 1. The largest absolute Gasteiger partial charge is 0.383 e. The Bertz CT molecular complexity index is 997. The van der Waals surface area contributed by atoms with Gasteiger partial charge in [-0.2, -0.15) is 5.26 Å². The summed E-state index contributed by atoms with van der Waals surface area (Å²) in [5.41, 5.74) is 0.685. The zero-order valence-electron chi connectivity index (χ0n) is 19.0. The van der Waals surface area contributed by atoms with Gasteiger partial charge in [0.1, 0.15) is 17.5 Å². The zero-order chi connectivity index (χ0) is 23.3. The summed E-state index contributed by atoms with van der Waals surface area (Å²) in [5, 5.41) is 19.4. The first kappa shape index (κ1) is 23.4. The van der Waals surface area contributed by atoms with Crippen molar-refractivity contribution in [3.63, 3.8) is 0 Å². The summed E-state index contributed by atoms with van der Waals surface area (Å²) in [4.78, 5) is 4.19. The molecule has 2 aliphatic carbocycles. The van der Waals surface area contributed by atoms with E-state index < -0.39 is 11.6 Å². The lowest BCUT2D eigenvalue weighted by Gasteiger charge is -2.30. The SMILES string of the molecule is COCCN[C@H]1CC[C@H](Nc2cc(-c3cc(NCC4(C#N)CC4)ccc3F)c(F)cn2)CC1. The third-order valence-corrected chi connectivity index (χ3v) is 6.65. The van der Waals surface area contributed by atoms with Crippen molar-refractivity contribution in [3.8, 4) is 17.2 Å². The highest BCUT2D eigenvalue weighted by Gasteiger charge is 2.42. The predicted molar refractivity (Wildman–Crippen MR) is 125 cm³/mol. The second-order valence-electron chi connectivity index (χ2n) is 9.13. The van der Waals surface area contributed by atoms with E-state index in [1.807, 2.05) is 0 Å². The number of halogens is 2. The summed E-state index contributed by atoms with van der Waals surface area (Å²) in [6.07, 6.45) is 6.92. The number of rotatable bonds is 10. The topological polar surface area (TPSA) is 82.0 Å². The van der Waals surface area contributed by atoms with E-state index in [-0.39, 0.29) is 22.6 Å². The number of methoxy groups -OCH3 is 1. The Morgan fingerprint density at radius 2 is 1.82 bits per heavy atom. The standard InChI is InChI=1S/C25H31F2N5O/c1-33-11-10-29-17-2-4-18(5-3-17)32-24-13-21(23(27)14-30-24)20-12-19(6-7-22(20)26)31-16-25(15-28)8-9-25/h6-7,12-14,17-18,29,31H,2-5,8-11,16H2,1H3,(H,30,32)/t17-,18-. The van der Waals surface area contributed by atoms with E-state index in [9.17, 15) is 14.0 Å². The van der Waals surface area contributed by atoms with Crippen molar-refractivity contribution in [2.75, 3.05) is 37.4 Å². The fourth-order valence-corrected chi connectivity index (χ4v) is 4.33. The van der Waals surface area contributed by atoms with Gasteiger partial charge in [0.2, 0.25) is 0 Å². The van der Waals surface area contributed by atoms with Gasteiger partial charge >= 0.3 is 0 Å². The second kappa shape index (κ2) is 10.4. The van der Waals surface area contributed by atoms with Crippen molar-refractivity contribution in [2.45, 2.75) is 50.6 Å². The van der Waals surface area contributed by atoms with Crippen molar-refractivity contribution in [1.29, 1.82) is 5.26 Å². The molecular weight excluding hydrogens is 424 g/mol. The summed E-state index contributed by atoms with van der Waals surface area (Å²) in [6, 6.07) is 9.18. The van der Waals surface area contributed by atoms with E-state index in [4.69, 9.17) is 4.74 Å². The number of hydrogen-bond donors (Lipinski definition) is 3. The van der Waals surface area contributed by atoms with E-state index >= 15 is 0 Å². The van der Waals surface area contributed by atoms with Gasteiger partial charge in [-0.05, 0) is 62.8 Å². The number of anilines is 2. The van der Waals surface area contributed by atoms with Crippen molar-refractivity contribution < 1.29 is 13.5 Å². The Morgan fingerprint density at radius 1 is 1.09 bits per heavy atom. The molecule has 4 rings (SSSR count). The van der Waals surface area contributed by atoms with Crippen LogP contribution in [-0.4, -0.2) is 43.9 Å². The molecule has 2 saturated carbocycles. The Balaban J connectivity index is 1.41. The number of benzene rings is 1. The first-order chi connectivity index (χ1) is 16.0. The molecule has 0 aliphatic heterocycles. The molecule has 2 fully saturated rings. The molecule has 0 saturated heterocycles. The molecule has 2 aliphatic rings. The van der Waals surface area contributed by atoms with Crippen LogP contribution in [0.5, 0.6) is 0 Å². The fourth-order valence-electron chi connectivity index (χ4n) is 4.33. The van der Waals surface area contributed by atoms with Gasteiger partial charge in [-0.15, -0.1) is 0 Å². The van der Waals surface area contributed by atoms with E-state index in [0.717, 1.165) is 51.3 Å². The average Bonchev–Trinajstić information content (AvgIpc) is 3.62. The van der Waals surface area contributed by atoms with Gasteiger partial charge in [0.15, 0.2) is 0 Å². The minimum absolute atomic E-state index is 0.171. The third kappa shape index (κ3) is 5.98. The summed E-state index contributed by atoms with van der Waals surface area (Å²) in [5.74, 6) is -0.527. The monoisotopic (exact) mass is 455 g/mol. The summed E-state index contributed by atoms with van der Waals surface area (Å²) in [7, 11) is 1.70. The first-order valence-electron chi connectivity index (χ1n) is 11.6. The highest BCUT2D eigenvalue weighted by atomic mass is 19.1. The molecule has 0 amide bonds. The van der Waals surface area contributed by atoms with Crippen LogP contribution in [0.15, 0.2) is 30.5 Å². The van der Waals surface area contributed by atoms with Gasteiger partial charge in [0.25, 0.3) is 0 Å². The molecular formula is C25H31F2N5O. The van der Waals surface area contributed by atoms with Crippen LogP contribution < -0.4 is 16.0 Å². The first-order valence-corrected chi connectivity index (χ1v) is 11.6. The summed E-state index contributed by atoms with van der Waals surface area (Å²) in [6.45, 7) is 2.05. The van der Waals surface area contributed by atoms with Crippen LogP contribution in [-0.2, 0) is 4.74 Å². The number of ether oxygens (including phenoxy) is 1. The molecule has 6 nitrogen and oxygen atoms in total. The van der Waals surface area contributed by atoms with Crippen LogP contribution in [0.1, 0.15) is 38.5 Å². The predicted octanol–water partition coefficient (Wildman–Crippen LogP) is 4.70. The van der Waals surface area contributed by atoms with Crippen molar-refractivity contribution in [2.24, 2.45) is 5.41 Å². The van der Waals surface area contributed by atoms with Crippen molar-refractivity contribution in [1.82, 2.24) is 10.3 Å². The quantitative estimate of drug-likeness (QED) is 0.451. The summed E-state index contributed by atoms with van der Waals surface area (Å²) >= 11 is 0. The zero-order valence-corrected chi connectivity index (χ0v) is 19.0. The maximum absolute atomic E-state index is 14.6. The van der Waals surface area contributed by atoms with Gasteiger partial charge in [0.05, 0.1) is 24.3 Å². The number of nitrogens with zero attached hydrogens (tertiary/aromatic N) is 2. The molecule has 2 aromatic rings. The fraction of sp³-hybridized carbons (Fsp3) is 0.520. The molecule has 1 aromatic heterocycles. The normalized spacial score (nSPS) is 21.3. The van der Waals surface area contributed by atoms with Gasteiger partial charge in [0, 0.05) is 49.1 Å². The third-order valence-electron chi connectivity index (χ3n) is 6.65. The average molecular weight is 456 g/mol. The van der Waals surface area contributed by atoms with E-state index in [1.54, 1.807) is 25.3 Å². The van der Waals surface area contributed by atoms with E-state index in [0.29, 0.717) is 30.7 Å². The van der Waals surface area contributed by atoms with E-state index in [1.165, 1.54) is 6.07 Å². The van der Waals surface area contributed by atoms with Crippen LogP contribution in [0, 0.1) is 28.4 Å². The lowest BCUT2D eigenvalue weighted by molar-refractivity contribution is 0.191. The molecule has 0 atom stereocenters. The molecule has 33 heavy (non-hydrogen) atoms. The molecule has 176 valence electrons. The molecule has 0 radical (unpaired) electrons. The van der Waals surface area contributed by atoms with Gasteiger partial charge < -0.3 is 20.7 Å². The Morgan fingerprint density at radius 3 is 2.52 bits per heavy atom. The number of nitrogens with one attached hydrogen (secondary N) is 3. The van der Waals surface area contributed by atoms with Crippen molar-refractivity contribution in [3.05, 3.63) is 42.1 Å². The summed E-state index contributed by atoms with van der Waals surface area (Å²) < 4.78 is 34.4. The molecule has 1 aromatic carbocycles. The molecule has 0 bridgehead atoms. The lowest BCUT2D eigenvalue weighted by atomic mass is 9.91. The number of nitriles is 1. The van der Waals surface area contributed by atoms with E-state index in [2.05, 4.69) is 27.0 Å². The second-order valence-corrected chi connectivity index (χ2v) is 9.13. The van der Waals surface area contributed by atoms with Crippen LogP contribution >= 0.6 is 0 Å². The minimum Gasteiger partial charge on any atom is -0.383 e. The van der Waals surface area contributed by atoms with Crippen LogP contribution in [0.4, 0.5) is 20.3 Å². The highest BCUT2D eigenvalue weighted by molar-refractivity contribution is 5.71. The number of hydrogen-bond acceptors (Lipinski definition) is 6. The molecule has 3 N–H and O–H groups in total. The Kier molecular flexibility index (Phi) is 7.41. The smallest absolute Gasteiger partial charge is 0.149 e. The van der Waals surface area contributed by atoms with Crippen LogP contribution in [0.25, 0.3) is 11.1 Å². The van der Waals surface area contributed by atoms with Crippen LogP contribution in [0.3, 0.4) is 0 Å². The molecule has 1 heterocycles.